The highest BCUT2D eigenvalue weighted by molar-refractivity contribution is 7.60. The highest BCUT2D eigenvalue weighted by Crippen LogP contribution is 2.60. The van der Waals surface area contributed by atoms with Crippen LogP contribution >= 0.6 is 15.6 Å². The lowest BCUT2D eigenvalue weighted by Gasteiger charge is -2.32. The van der Waals surface area contributed by atoms with Crippen LogP contribution in [0.5, 0.6) is 0 Å². The summed E-state index contributed by atoms with van der Waals surface area (Å²) in [4.78, 5) is 25.7. The van der Waals surface area contributed by atoms with Gasteiger partial charge in [0.15, 0.2) is 5.79 Å². The second-order valence-corrected chi connectivity index (χ2v) is 6.39. The maximum absolute atomic E-state index is 11.2. The van der Waals surface area contributed by atoms with Gasteiger partial charge in [-0.3, -0.25) is 4.52 Å². The molecule has 1 rings (SSSR count). The molecule has 0 bridgehead atoms. The first-order valence-electron chi connectivity index (χ1n) is 4.65. The van der Waals surface area contributed by atoms with Crippen LogP contribution < -0.4 is 0 Å². The molecule has 1 unspecified atom stereocenters. The van der Waals surface area contributed by atoms with E-state index in [2.05, 4.69) is 8.83 Å². The van der Waals surface area contributed by atoms with E-state index in [0.29, 0.717) is 12.8 Å². The van der Waals surface area contributed by atoms with Crippen molar-refractivity contribution in [3.05, 3.63) is 0 Å². The minimum Gasteiger partial charge on any atom is -0.365 e. The van der Waals surface area contributed by atoms with Gasteiger partial charge in [0.2, 0.25) is 0 Å². The first-order chi connectivity index (χ1) is 7.12. The summed E-state index contributed by atoms with van der Waals surface area (Å²) < 4.78 is 29.5. The summed E-state index contributed by atoms with van der Waals surface area (Å²) in [6.45, 7) is 0. The molecule has 4 N–H and O–H groups in total. The van der Waals surface area contributed by atoms with Crippen molar-refractivity contribution in [1.29, 1.82) is 0 Å². The van der Waals surface area contributed by atoms with E-state index in [9.17, 15) is 14.2 Å². The second-order valence-electron chi connectivity index (χ2n) is 3.64. The van der Waals surface area contributed by atoms with Gasteiger partial charge in [0.1, 0.15) is 0 Å². The summed E-state index contributed by atoms with van der Waals surface area (Å²) in [6.07, 6.45) is 2.32. The lowest BCUT2D eigenvalue weighted by molar-refractivity contribution is -0.168. The van der Waals surface area contributed by atoms with Crippen LogP contribution in [0.1, 0.15) is 32.1 Å². The van der Waals surface area contributed by atoms with Crippen LogP contribution in [0.15, 0.2) is 0 Å². The Morgan fingerprint density at radius 1 is 1.00 bits per heavy atom. The number of rotatable bonds is 4. The van der Waals surface area contributed by atoms with Crippen LogP contribution in [0, 0.1) is 0 Å². The predicted octanol–water partition coefficient (Wildman–Crippen LogP) is 0.865. The smallest absolute Gasteiger partial charge is 0.365 e. The van der Waals surface area contributed by atoms with Gasteiger partial charge in [-0.2, -0.15) is 4.31 Å². The molecule has 96 valence electrons. The Morgan fingerprint density at radius 3 is 1.94 bits per heavy atom. The largest absolute Gasteiger partial charge is 0.483 e. The van der Waals surface area contributed by atoms with Crippen LogP contribution in [-0.4, -0.2) is 25.6 Å². The normalized spacial score (nSPS) is 25.0. The minimum absolute atomic E-state index is 0.127. The molecule has 1 aliphatic carbocycles. The molecule has 0 spiro atoms. The summed E-state index contributed by atoms with van der Waals surface area (Å²) in [5.74, 6) is -1.85. The van der Waals surface area contributed by atoms with Crippen molar-refractivity contribution in [2.45, 2.75) is 37.9 Å². The molecule has 10 heteroatoms. The van der Waals surface area contributed by atoms with Crippen molar-refractivity contribution < 1.29 is 37.8 Å². The van der Waals surface area contributed by atoms with Crippen molar-refractivity contribution in [1.82, 2.24) is 0 Å². The van der Waals surface area contributed by atoms with E-state index >= 15 is 0 Å². The molecule has 0 aromatic carbocycles. The summed E-state index contributed by atoms with van der Waals surface area (Å²) in [7, 11) is -10.1. The maximum atomic E-state index is 11.2. The molecule has 0 aromatic heterocycles. The molecule has 0 aliphatic heterocycles. The third-order valence-corrected chi connectivity index (χ3v) is 4.38. The van der Waals surface area contributed by atoms with Crippen molar-refractivity contribution >= 4 is 15.6 Å². The van der Waals surface area contributed by atoms with E-state index in [1.54, 1.807) is 0 Å². The molecule has 0 amide bonds. The molecule has 1 atom stereocenters. The SMILES string of the molecule is O=P(O)(O)OP(=O)(O)OC1(O)CCCCC1. The summed E-state index contributed by atoms with van der Waals surface area (Å²) in [5, 5.41) is 9.72. The second kappa shape index (κ2) is 4.84. The molecule has 0 saturated heterocycles. The monoisotopic (exact) mass is 276 g/mol. The Balaban J connectivity index is 2.64. The van der Waals surface area contributed by atoms with Crippen molar-refractivity contribution in [3.8, 4) is 0 Å². The standard InChI is InChI=1S/C6H14O8P2/c7-6(4-2-1-3-5-6)13-16(11,12)14-15(8,9)10/h7H,1-5H2,(H,11,12)(H2,8,9,10). The lowest BCUT2D eigenvalue weighted by Crippen LogP contribution is -2.33. The lowest BCUT2D eigenvalue weighted by atomic mass is 9.95. The predicted molar refractivity (Wildman–Crippen MR) is 52.1 cm³/mol. The summed E-state index contributed by atoms with van der Waals surface area (Å²) in [5.41, 5.74) is 0. The number of hydrogen-bond donors (Lipinski definition) is 4. The number of phosphoric acid groups is 2. The van der Waals surface area contributed by atoms with Crippen molar-refractivity contribution in [3.63, 3.8) is 0 Å². The fraction of sp³-hybridized carbons (Fsp3) is 1.00. The average molecular weight is 276 g/mol. The molecule has 0 radical (unpaired) electrons. The molecule has 16 heavy (non-hydrogen) atoms. The van der Waals surface area contributed by atoms with E-state index < -0.39 is 21.4 Å². The Hall–Kier alpha value is 0.220. The maximum Gasteiger partial charge on any atom is 0.483 e. The Bertz CT molecular complexity index is 329. The van der Waals surface area contributed by atoms with E-state index in [1.807, 2.05) is 0 Å². The summed E-state index contributed by atoms with van der Waals surface area (Å²) in [6, 6.07) is 0. The van der Waals surface area contributed by atoms with E-state index in [1.165, 1.54) is 0 Å². The Labute approximate surface area is 92.1 Å². The molecule has 1 saturated carbocycles. The molecule has 0 aromatic rings. The first-order valence-corrected chi connectivity index (χ1v) is 7.67. The van der Waals surface area contributed by atoms with Gasteiger partial charge in [0.05, 0.1) is 0 Å². The van der Waals surface area contributed by atoms with Gasteiger partial charge in [0.25, 0.3) is 0 Å². The van der Waals surface area contributed by atoms with Gasteiger partial charge >= 0.3 is 15.6 Å². The Kier molecular flexibility index (Phi) is 4.32. The van der Waals surface area contributed by atoms with Gasteiger partial charge in [-0.1, -0.05) is 6.42 Å². The van der Waals surface area contributed by atoms with Crippen LogP contribution in [0.4, 0.5) is 0 Å². The van der Waals surface area contributed by atoms with E-state index in [0.717, 1.165) is 6.42 Å². The quantitative estimate of drug-likeness (QED) is 0.439. The molecular formula is C6H14O8P2. The van der Waals surface area contributed by atoms with Crippen LogP contribution in [0.25, 0.3) is 0 Å². The van der Waals surface area contributed by atoms with Crippen molar-refractivity contribution in [2.24, 2.45) is 0 Å². The molecule has 1 fully saturated rings. The van der Waals surface area contributed by atoms with E-state index in [-0.39, 0.29) is 12.8 Å². The third-order valence-electron chi connectivity index (χ3n) is 2.13. The van der Waals surface area contributed by atoms with Gasteiger partial charge < -0.3 is 19.8 Å². The summed E-state index contributed by atoms with van der Waals surface area (Å²) >= 11 is 0. The highest BCUT2D eigenvalue weighted by Gasteiger charge is 2.42. The number of phosphoric ester groups is 1. The number of aliphatic hydroxyl groups is 1. The zero-order chi connectivity index (χ0) is 12.4. The van der Waals surface area contributed by atoms with Gasteiger partial charge in [-0.05, 0) is 12.8 Å². The molecular weight excluding hydrogens is 262 g/mol. The van der Waals surface area contributed by atoms with Crippen LogP contribution in [-0.2, 0) is 18.0 Å². The van der Waals surface area contributed by atoms with Crippen molar-refractivity contribution in [2.75, 3.05) is 0 Å². The minimum atomic E-state index is -5.13. The molecule has 8 nitrogen and oxygen atoms in total. The van der Waals surface area contributed by atoms with Gasteiger partial charge in [0, 0.05) is 12.8 Å². The Morgan fingerprint density at radius 2 is 1.50 bits per heavy atom. The zero-order valence-electron chi connectivity index (χ0n) is 8.35. The van der Waals surface area contributed by atoms with Gasteiger partial charge in [-0.15, -0.1) is 0 Å². The fourth-order valence-corrected chi connectivity index (χ4v) is 3.38. The zero-order valence-corrected chi connectivity index (χ0v) is 10.1. The molecule has 0 heterocycles. The van der Waals surface area contributed by atoms with Gasteiger partial charge in [-0.25, -0.2) is 9.13 Å². The highest BCUT2D eigenvalue weighted by atomic mass is 31.3. The fourth-order valence-electron chi connectivity index (χ4n) is 1.56. The average Bonchev–Trinajstić information content (AvgIpc) is 1.97. The number of hydrogen-bond acceptors (Lipinski definition) is 5. The topological polar surface area (TPSA) is 134 Å². The van der Waals surface area contributed by atoms with Crippen LogP contribution in [0.2, 0.25) is 0 Å². The van der Waals surface area contributed by atoms with Crippen LogP contribution in [0.3, 0.4) is 0 Å². The van der Waals surface area contributed by atoms with E-state index in [4.69, 9.17) is 14.7 Å². The third kappa shape index (κ3) is 5.03. The first kappa shape index (κ1) is 14.3. The molecule has 1 aliphatic rings.